The van der Waals surface area contributed by atoms with Crippen LogP contribution >= 0.6 is 11.8 Å². The summed E-state index contributed by atoms with van der Waals surface area (Å²) in [6, 6.07) is 7.14. The number of phenolic OH excluding ortho intramolecular Hbond substituents is 1. The van der Waals surface area contributed by atoms with Crippen molar-refractivity contribution in [3.05, 3.63) is 24.3 Å². The van der Waals surface area contributed by atoms with Crippen molar-refractivity contribution in [1.29, 1.82) is 0 Å². The molecular weight excluding hydrogens is 248 g/mol. The van der Waals surface area contributed by atoms with Gasteiger partial charge in [-0.1, -0.05) is 6.07 Å². The van der Waals surface area contributed by atoms with Crippen LogP contribution < -0.4 is 5.32 Å². The van der Waals surface area contributed by atoms with Crippen LogP contribution in [0.25, 0.3) is 0 Å². The molecule has 1 aliphatic rings. The molecule has 3 N–H and O–H groups in total. The van der Waals surface area contributed by atoms with Crippen LogP contribution in [0.3, 0.4) is 0 Å². The summed E-state index contributed by atoms with van der Waals surface area (Å²) in [5.74, 6) is 0.935. The van der Waals surface area contributed by atoms with E-state index in [1.165, 1.54) is 0 Å². The number of hydrogen-bond donors (Lipinski definition) is 3. The normalized spacial score (nSPS) is 18.7. The summed E-state index contributed by atoms with van der Waals surface area (Å²) in [7, 11) is 0. The number of benzene rings is 1. The number of phenols is 1. The van der Waals surface area contributed by atoms with Crippen LogP contribution in [-0.2, 0) is 0 Å². The number of thioether (sulfide) groups is 1. The molecule has 0 bridgehead atoms. The summed E-state index contributed by atoms with van der Waals surface area (Å²) in [6.07, 6.45) is -0.324. The van der Waals surface area contributed by atoms with Crippen molar-refractivity contribution in [2.75, 3.05) is 38.5 Å². The molecular formula is C13H20N2O2S. The third-order valence-electron chi connectivity index (χ3n) is 2.94. The van der Waals surface area contributed by atoms with Gasteiger partial charge in [0, 0.05) is 43.4 Å². The van der Waals surface area contributed by atoms with Crippen LogP contribution in [0.5, 0.6) is 5.75 Å². The fourth-order valence-electron chi connectivity index (χ4n) is 2.01. The average molecular weight is 268 g/mol. The SMILES string of the molecule is Oc1cccc(SCC(O)CN2CCNCC2)c1. The zero-order valence-corrected chi connectivity index (χ0v) is 11.2. The smallest absolute Gasteiger partial charge is 0.116 e. The van der Waals surface area contributed by atoms with Crippen molar-refractivity contribution in [1.82, 2.24) is 10.2 Å². The number of nitrogens with one attached hydrogen (secondary N) is 1. The first kappa shape index (κ1) is 13.7. The summed E-state index contributed by atoms with van der Waals surface area (Å²) >= 11 is 1.58. The first-order valence-corrected chi connectivity index (χ1v) is 7.25. The Hall–Kier alpha value is -0.750. The highest BCUT2D eigenvalue weighted by molar-refractivity contribution is 7.99. The fourth-order valence-corrected chi connectivity index (χ4v) is 2.88. The molecule has 1 aromatic carbocycles. The van der Waals surface area contributed by atoms with Crippen LogP contribution in [0.4, 0.5) is 0 Å². The fraction of sp³-hybridized carbons (Fsp3) is 0.538. The quantitative estimate of drug-likeness (QED) is 0.688. The third-order valence-corrected chi connectivity index (χ3v) is 4.08. The summed E-state index contributed by atoms with van der Waals surface area (Å²) in [6.45, 7) is 4.76. The van der Waals surface area contributed by atoms with Crippen LogP contribution in [0.1, 0.15) is 0 Å². The van der Waals surface area contributed by atoms with Crippen LogP contribution in [-0.4, -0.2) is 59.7 Å². The van der Waals surface area contributed by atoms with Gasteiger partial charge in [0.2, 0.25) is 0 Å². The molecule has 1 heterocycles. The summed E-state index contributed by atoms with van der Waals surface area (Å²) in [4.78, 5) is 3.28. The lowest BCUT2D eigenvalue weighted by Crippen LogP contribution is -2.46. The van der Waals surface area contributed by atoms with Gasteiger partial charge >= 0.3 is 0 Å². The Bertz CT molecular complexity index is 370. The van der Waals surface area contributed by atoms with Gasteiger partial charge < -0.3 is 15.5 Å². The molecule has 1 fully saturated rings. The second-order valence-corrected chi connectivity index (χ2v) is 5.61. The molecule has 18 heavy (non-hydrogen) atoms. The number of piperazine rings is 1. The lowest BCUT2D eigenvalue weighted by Gasteiger charge is -2.28. The Balaban J connectivity index is 1.72. The minimum atomic E-state index is -0.324. The molecule has 1 atom stereocenters. The molecule has 1 unspecified atom stereocenters. The Kier molecular flexibility index (Phi) is 5.31. The van der Waals surface area contributed by atoms with Crippen LogP contribution in [0, 0.1) is 0 Å². The van der Waals surface area contributed by atoms with Crippen molar-refractivity contribution in [2.45, 2.75) is 11.0 Å². The van der Waals surface area contributed by atoms with E-state index in [1.807, 2.05) is 12.1 Å². The number of aliphatic hydroxyl groups is 1. The van der Waals surface area contributed by atoms with Gasteiger partial charge in [0.1, 0.15) is 5.75 Å². The van der Waals surface area contributed by atoms with Gasteiger partial charge in [0.05, 0.1) is 6.10 Å². The predicted octanol–water partition coefficient (Wildman–Crippen LogP) is 0.750. The molecule has 0 spiro atoms. The molecule has 1 aliphatic heterocycles. The lowest BCUT2D eigenvalue weighted by atomic mass is 10.3. The van der Waals surface area contributed by atoms with Gasteiger partial charge in [-0.15, -0.1) is 11.8 Å². The van der Waals surface area contributed by atoms with E-state index in [4.69, 9.17) is 0 Å². The maximum absolute atomic E-state index is 9.99. The van der Waals surface area contributed by atoms with E-state index in [2.05, 4.69) is 10.2 Å². The van der Waals surface area contributed by atoms with E-state index in [0.717, 1.165) is 37.6 Å². The Labute approximate surface area is 112 Å². The van der Waals surface area contributed by atoms with Gasteiger partial charge in [-0.2, -0.15) is 0 Å². The molecule has 100 valence electrons. The van der Waals surface area contributed by atoms with Gasteiger partial charge in [0.15, 0.2) is 0 Å². The highest BCUT2D eigenvalue weighted by Crippen LogP contribution is 2.22. The first-order chi connectivity index (χ1) is 8.74. The summed E-state index contributed by atoms with van der Waals surface area (Å²) in [5.41, 5.74) is 0. The second-order valence-electron chi connectivity index (χ2n) is 4.51. The van der Waals surface area contributed by atoms with Crippen molar-refractivity contribution < 1.29 is 10.2 Å². The molecule has 4 nitrogen and oxygen atoms in total. The molecule has 0 aromatic heterocycles. The first-order valence-electron chi connectivity index (χ1n) is 6.27. The van der Waals surface area contributed by atoms with Crippen molar-refractivity contribution in [3.63, 3.8) is 0 Å². The monoisotopic (exact) mass is 268 g/mol. The van der Waals surface area contributed by atoms with E-state index < -0.39 is 0 Å². The number of hydrogen-bond acceptors (Lipinski definition) is 5. The molecule has 0 amide bonds. The van der Waals surface area contributed by atoms with Gasteiger partial charge in [0.25, 0.3) is 0 Å². The number of aliphatic hydroxyl groups excluding tert-OH is 1. The van der Waals surface area contributed by atoms with Crippen LogP contribution in [0.2, 0.25) is 0 Å². The standard InChI is InChI=1S/C13H20N2O2S/c16-11-2-1-3-13(8-11)18-10-12(17)9-15-6-4-14-5-7-15/h1-3,8,12,14,16-17H,4-7,9-10H2. The largest absolute Gasteiger partial charge is 0.508 e. The number of nitrogens with zero attached hydrogens (tertiary/aromatic N) is 1. The van der Waals surface area contributed by atoms with Crippen LogP contribution in [0.15, 0.2) is 29.2 Å². The van der Waals surface area contributed by atoms with Gasteiger partial charge in [-0.25, -0.2) is 0 Å². The van der Waals surface area contributed by atoms with E-state index in [-0.39, 0.29) is 11.9 Å². The number of β-amino-alcohol motifs (C(OH)–C–C–N with tert-alkyl or cyclic N) is 1. The molecule has 5 heteroatoms. The number of aromatic hydroxyl groups is 1. The van der Waals surface area contributed by atoms with E-state index in [1.54, 1.807) is 23.9 Å². The van der Waals surface area contributed by atoms with Crippen molar-refractivity contribution in [3.8, 4) is 5.75 Å². The Morgan fingerprint density at radius 2 is 2.11 bits per heavy atom. The number of rotatable bonds is 5. The van der Waals surface area contributed by atoms with Gasteiger partial charge in [-0.3, -0.25) is 4.90 Å². The summed E-state index contributed by atoms with van der Waals surface area (Å²) in [5, 5.41) is 22.6. The van der Waals surface area contributed by atoms with E-state index in [9.17, 15) is 10.2 Å². The predicted molar refractivity (Wildman–Crippen MR) is 74.1 cm³/mol. The zero-order chi connectivity index (χ0) is 12.8. The summed E-state index contributed by atoms with van der Waals surface area (Å²) < 4.78 is 0. The van der Waals surface area contributed by atoms with E-state index >= 15 is 0 Å². The highest BCUT2D eigenvalue weighted by Gasteiger charge is 2.14. The van der Waals surface area contributed by atoms with Gasteiger partial charge in [-0.05, 0) is 18.2 Å². The average Bonchev–Trinajstić information content (AvgIpc) is 2.38. The van der Waals surface area contributed by atoms with Crippen molar-refractivity contribution in [2.24, 2.45) is 0 Å². The molecule has 1 saturated heterocycles. The zero-order valence-electron chi connectivity index (χ0n) is 10.4. The molecule has 0 saturated carbocycles. The second kappa shape index (κ2) is 6.99. The maximum Gasteiger partial charge on any atom is 0.116 e. The van der Waals surface area contributed by atoms with E-state index in [0.29, 0.717) is 5.75 Å². The molecule has 1 aromatic rings. The molecule has 0 radical (unpaired) electrons. The minimum absolute atomic E-state index is 0.275. The topological polar surface area (TPSA) is 55.7 Å². The highest BCUT2D eigenvalue weighted by atomic mass is 32.2. The lowest BCUT2D eigenvalue weighted by molar-refractivity contribution is 0.121. The van der Waals surface area contributed by atoms with Crippen molar-refractivity contribution >= 4 is 11.8 Å². The Morgan fingerprint density at radius 1 is 1.33 bits per heavy atom. The molecule has 2 rings (SSSR count). The molecule has 0 aliphatic carbocycles. The third kappa shape index (κ3) is 4.49. The minimum Gasteiger partial charge on any atom is -0.508 e. The Morgan fingerprint density at radius 3 is 2.83 bits per heavy atom. The maximum atomic E-state index is 9.99.